The highest BCUT2D eigenvalue weighted by Gasteiger charge is 2.41. The van der Waals surface area contributed by atoms with E-state index in [0.29, 0.717) is 5.88 Å². The van der Waals surface area contributed by atoms with E-state index < -0.39 is 0 Å². The highest BCUT2D eigenvalue weighted by molar-refractivity contribution is 6.17. The zero-order valence-corrected chi connectivity index (χ0v) is 13.4. The molecule has 1 aromatic carbocycles. The molecule has 20 heavy (non-hydrogen) atoms. The summed E-state index contributed by atoms with van der Waals surface area (Å²) in [6, 6.07) is 7.88. The molecule has 1 aliphatic rings. The highest BCUT2D eigenvalue weighted by Crippen LogP contribution is 2.48. The van der Waals surface area contributed by atoms with Gasteiger partial charge in [0.05, 0.1) is 0 Å². The van der Waals surface area contributed by atoms with E-state index in [1.165, 1.54) is 12.8 Å². The molecular formula is C17H24ClNO. The van der Waals surface area contributed by atoms with Gasteiger partial charge in [0.15, 0.2) is 0 Å². The largest absolute Gasteiger partial charge is 0.351 e. The molecule has 2 rings (SSSR count). The summed E-state index contributed by atoms with van der Waals surface area (Å²) < 4.78 is 0. The number of carbonyl (C=O) groups excluding carboxylic acids is 1. The lowest BCUT2D eigenvalue weighted by atomic mass is 9.83. The maximum Gasteiger partial charge on any atom is 0.251 e. The molecule has 0 saturated heterocycles. The van der Waals surface area contributed by atoms with Crippen molar-refractivity contribution in [1.82, 2.24) is 5.32 Å². The lowest BCUT2D eigenvalue weighted by molar-refractivity contribution is 0.0942. The lowest BCUT2D eigenvalue weighted by Crippen LogP contribution is -2.32. The van der Waals surface area contributed by atoms with E-state index in [1.807, 2.05) is 24.3 Å². The molecule has 0 unspecified atom stereocenters. The van der Waals surface area contributed by atoms with Crippen LogP contribution in [0, 0.1) is 5.41 Å². The molecular weight excluding hydrogens is 270 g/mol. The van der Waals surface area contributed by atoms with Crippen LogP contribution in [0.1, 0.15) is 56.0 Å². The van der Waals surface area contributed by atoms with Crippen LogP contribution in [-0.4, -0.2) is 18.3 Å². The molecule has 0 spiro atoms. The summed E-state index contributed by atoms with van der Waals surface area (Å²) in [6.07, 6.45) is 3.36. The van der Waals surface area contributed by atoms with Gasteiger partial charge in [-0.15, -0.1) is 11.6 Å². The van der Waals surface area contributed by atoms with Crippen molar-refractivity contribution in [2.75, 3.05) is 12.4 Å². The fourth-order valence-corrected chi connectivity index (χ4v) is 2.99. The minimum absolute atomic E-state index is 0.0264. The van der Waals surface area contributed by atoms with Gasteiger partial charge in [0, 0.05) is 18.0 Å². The maximum absolute atomic E-state index is 12.4. The third kappa shape index (κ3) is 3.54. The van der Waals surface area contributed by atoms with Gasteiger partial charge in [-0.1, -0.05) is 39.0 Å². The van der Waals surface area contributed by atoms with E-state index >= 15 is 0 Å². The summed E-state index contributed by atoms with van der Waals surface area (Å²) in [5.41, 5.74) is 2.14. The van der Waals surface area contributed by atoms with Crippen LogP contribution in [0.2, 0.25) is 0 Å². The first-order chi connectivity index (χ1) is 9.38. The molecule has 1 N–H and O–H groups in total. The van der Waals surface area contributed by atoms with Crippen molar-refractivity contribution < 1.29 is 4.79 Å². The van der Waals surface area contributed by atoms with E-state index in [1.54, 1.807) is 0 Å². The summed E-state index contributed by atoms with van der Waals surface area (Å²) >= 11 is 5.83. The second kappa shape index (κ2) is 5.77. The van der Waals surface area contributed by atoms with Crippen LogP contribution in [-0.2, 0) is 5.41 Å². The summed E-state index contributed by atoms with van der Waals surface area (Å²) in [6.45, 7) is 7.15. The number of nitrogens with one attached hydrogen (secondary N) is 1. The summed E-state index contributed by atoms with van der Waals surface area (Å²) in [5, 5.41) is 3.10. The molecule has 1 amide bonds. The molecule has 3 heteroatoms. The molecule has 110 valence electrons. The molecule has 0 bridgehead atoms. The van der Waals surface area contributed by atoms with Gasteiger partial charge in [-0.2, -0.15) is 0 Å². The average Bonchev–Trinajstić information content (AvgIpc) is 3.16. The first-order valence-electron chi connectivity index (χ1n) is 7.32. The van der Waals surface area contributed by atoms with Crippen LogP contribution in [0.15, 0.2) is 24.3 Å². The smallest absolute Gasteiger partial charge is 0.251 e. The zero-order valence-electron chi connectivity index (χ0n) is 12.6. The van der Waals surface area contributed by atoms with E-state index in [4.69, 9.17) is 11.6 Å². The summed E-state index contributed by atoms with van der Waals surface area (Å²) in [5.74, 6) is 0.713. The van der Waals surface area contributed by atoms with E-state index in [2.05, 4.69) is 26.1 Å². The van der Waals surface area contributed by atoms with Crippen molar-refractivity contribution >= 4 is 17.5 Å². The first-order valence-corrected chi connectivity index (χ1v) is 7.85. The number of amides is 1. The van der Waals surface area contributed by atoms with Crippen LogP contribution in [0.4, 0.5) is 0 Å². The van der Waals surface area contributed by atoms with Gasteiger partial charge < -0.3 is 5.32 Å². The number of carbonyl (C=O) groups is 1. The maximum atomic E-state index is 12.4. The number of hydrogen-bond acceptors (Lipinski definition) is 1. The third-order valence-electron chi connectivity index (χ3n) is 4.19. The molecule has 0 atom stereocenters. The Labute approximate surface area is 126 Å². The number of halogens is 1. The molecule has 0 radical (unpaired) electrons. The van der Waals surface area contributed by atoms with Gasteiger partial charge in [0.25, 0.3) is 5.91 Å². The lowest BCUT2D eigenvalue weighted by Gasteiger charge is -2.23. The van der Waals surface area contributed by atoms with Crippen molar-refractivity contribution in [3.63, 3.8) is 0 Å². The average molecular weight is 294 g/mol. The Morgan fingerprint density at radius 2 is 1.95 bits per heavy atom. The number of hydrogen-bond donors (Lipinski definition) is 1. The molecule has 1 fully saturated rings. The SMILES string of the molecule is CC(C)(C)c1ccccc1C(=O)NCC1(CCCl)CC1. The molecule has 1 saturated carbocycles. The van der Waals surface area contributed by atoms with Crippen LogP contribution in [0.3, 0.4) is 0 Å². The molecule has 1 aromatic rings. The van der Waals surface area contributed by atoms with Gasteiger partial charge in [-0.3, -0.25) is 4.79 Å². The van der Waals surface area contributed by atoms with Crippen molar-refractivity contribution in [1.29, 1.82) is 0 Å². The molecule has 0 heterocycles. The highest BCUT2D eigenvalue weighted by atomic mass is 35.5. The Balaban J connectivity index is 2.07. The predicted molar refractivity (Wildman–Crippen MR) is 84.5 cm³/mol. The Hall–Kier alpha value is -1.02. The van der Waals surface area contributed by atoms with Crippen molar-refractivity contribution in [2.45, 2.75) is 45.4 Å². The molecule has 0 aromatic heterocycles. The minimum Gasteiger partial charge on any atom is -0.351 e. The van der Waals surface area contributed by atoms with Gasteiger partial charge in [-0.05, 0) is 41.7 Å². The summed E-state index contributed by atoms with van der Waals surface area (Å²) in [4.78, 5) is 12.4. The van der Waals surface area contributed by atoms with Gasteiger partial charge in [-0.25, -0.2) is 0 Å². The van der Waals surface area contributed by atoms with Gasteiger partial charge >= 0.3 is 0 Å². The Morgan fingerprint density at radius 1 is 1.30 bits per heavy atom. The van der Waals surface area contributed by atoms with Gasteiger partial charge in [0.2, 0.25) is 0 Å². The Bertz CT molecular complexity index is 486. The van der Waals surface area contributed by atoms with Crippen molar-refractivity contribution in [3.8, 4) is 0 Å². The zero-order chi connectivity index (χ0) is 14.8. The van der Waals surface area contributed by atoms with Crippen LogP contribution in [0.25, 0.3) is 0 Å². The van der Waals surface area contributed by atoms with E-state index in [-0.39, 0.29) is 16.7 Å². The summed E-state index contributed by atoms with van der Waals surface area (Å²) in [7, 11) is 0. The normalized spacial score (nSPS) is 16.8. The van der Waals surface area contributed by atoms with E-state index in [0.717, 1.165) is 24.1 Å². The molecule has 1 aliphatic carbocycles. The van der Waals surface area contributed by atoms with Crippen LogP contribution < -0.4 is 5.32 Å². The second-order valence-electron chi connectivity index (χ2n) is 6.92. The van der Waals surface area contributed by atoms with Crippen molar-refractivity contribution in [2.24, 2.45) is 5.41 Å². The second-order valence-corrected chi connectivity index (χ2v) is 7.30. The first kappa shape index (κ1) is 15.4. The van der Waals surface area contributed by atoms with Crippen LogP contribution >= 0.6 is 11.6 Å². The fourth-order valence-electron chi connectivity index (χ4n) is 2.59. The standard InChI is InChI=1S/C17H24ClNO/c1-16(2,3)14-7-5-4-6-13(14)15(20)19-12-17(8-9-17)10-11-18/h4-7H,8-12H2,1-3H3,(H,19,20). The van der Waals surface area contributed by atoms with Crippen LogP contribution in [0.5, 0.6) is 0 Å². The number of rotatable bonds is 5. The van der Waals surface area contributed by atoms with E-state index in [9.17, 15) is 4.79 Å². The Kier molecular flexibility index (Phi) is 4.43. The molecule has 2 nitrogen and oxygen atoms in total. The molecule has 0 aliphatic heterocycles. The quantitative estimate of drug-likeness (QED) is 0.813. The third-order valence-corrected chi connectivity index (χ3v) is 4.37. The topological polar surface area (TPSA) is 29.1 Å². The Morgan fingerprint density at radius 3 is 2.50 bits per heavy atom. The predicted octanol–water partition coefficient (Wildman–Crippen LogP) is 4.12. The van der Waals surface area contributed by atoms with Gasteiger partial charge in [0.1, 0.15) is 0 Å². The van der Waals surface area contributed by atoms with Crippen molar-refractivity contribution in [3.05, 3.63) is 35.4 Å². The number of benzene rings is 1. The number of alkyl halides is 1. The fraction of sp³-hybridized carbons (Fsp3) is 0.588. The minimum atomic E-state index is -0.0264. The monoisotopic (exact) mass is 293 g/mol.